The third-order valence-corrected chi connectivity index (χ3v) is 2.49. The third kappa shape index (κ3) is 1.30. The van der Waals surface area contributed by atoms with Crippen LogP contribution >= 0.6 is 11.6 Å². The molecule has 2 aromatic rings. The van der Waals surface area contributed by atoms with Crippen molar-refractivity contribution in [2.75, 3.05) is 0 Å². The highest BCUT2D eigenvalue weighted by molar-refractivity contribution is 6.32. The number of halogens is 1. The number of benzene rings is 1. The Kier molecular flexibility index (Phi) is 1.98. The van der Waals surface area contributed by atoms with Crippen LogP contribution in [0, 0.1) is 0 Å². The molecule has 0 fully saturated rings. The summed E-state index contributed by atoms with van der Waals surface area (Å²) < 4.78 is 1.81. The van der Waals surface area contributed by atoms with Gasteiger partial charge in [0.1, 0.15) is 0 Å². The number of rotatable bonds is 1. The van der Waals surface area contributed by atoms with Gasteiger partial charge in [-0.25, -0.2) is 0 Å². The molecule has 0 bridgehead atoms. The van der Waals surface area contributed by atoms with E-state index in [9.17, 15) is 0 Å². The Morgan fingerprint density at radius 3 is 3.00 bits per heavy atom. The highest BCUT2D eigenvalue weighted by atomic mass is 35.5. The van der Waals surface area contributed by atoms with Crippen molar-refractivity contribution < 1.29 is 0 Å². The van der Waals surface area contributed by atoms with Crippen molar-refractivity contribution in [2.24, 2.45) is 12.8 Å². The van der Waals surface area contributed by atoms with Crippen LogP contribution in [-0.4, -0.2) is 9.78 Å². The molecule has 0 atom stereocenters. The lowest BCUT2D eigenvalue weighted by atomic mass is 10.1. The second kappa shape index (κ2) is 3.01. The highest BCUT2D eigenvalue weighted by Gasteiger charge is 2.04. The maximum Gasteiger partial charge on any atom is 0.0683 e. The van der Waals surface area contributed by atoms with Crippen LogP contribution in [0.2, 0.25) is 5.02 Å². The van der Waals surface area contributed by atoms with Gasteiger partial charge in [-0.2, -0.15) is 5.10 Å². The zero-order valence-electron chi connectivity index (χ0n) is 7.29. The topological polar surface area (TPSA) is 43.8 Å². The maximum atomic E-state index is 6.00. The molecule has 0 aliphatic heterocycles. The second-order valence-corrected chi connectivity index (χ2v) is 3.38. The fourth-order valence-corrected chi connectivity index (χ4v) is 1.62. The molecule has 13 heavy (non-hydrogen) atoms. The fraction of sp³-hybridized carbons (Fsp3) is 0.222. The van der Waals surface area contributed by atoms with E-state index in [2.05, 4.69) is 5.10 Å². The zero-order valence-corrected chi connectivity index (χ0v) is 8.04. The van der Waals surface area contributed by atoms with Crippen LogP contribution in [0.4, 0.5) is 0 Å². The zero-order chi connectivity index (χ0) is 9.42. The van der Waals surface area contributed by atoms with Gasteiger partial charge in [-0.3, -0.25) is 4.68 Å². The number of hydrogen-bond acceptors (Lipinski definition) is 2. The smallest absolute Gasteiger partial charge is 0.0683 e. The minimum atomic E-state index is 0.458. The van der Waals surface area contributed by atoms with E-state index in [0.29, 0.717) is 11.6 Å². The molecule has 0 spiro atoms. The van der Waals surface area contributed by atoms with Crippen LogP contribution in [0.1, 0.15) is 5.56 Å². The minimum absolute atomic E-state index is 0.458. The predicted molar refractivity (Wildman–Crippen MR) is 53.6 cm³/mol. The van der Waals surface area contributed by atoms with Crippen LogP contribution in [-0.2, 0) is 13.6 Å². The molecule has 0 unspecified atom stereocenters. The number of aromatic nitrogens is 2. The molecule has 1 heterocycles. The SMILES string of the molecule is Cn1ncc2cc(Cl)c(CN)cc21. The van der Waals surface area contributed by atoms with Gasteiger partial charge >= 0.3 is 0 Å². The standard InChI is InChI=1S/C9H10ClN3/c1-13-9-3-6(4-11)8(10)2-7(9)5-12-13/h2-3,5H,4,11H2,1H3. The van der Waals surface area contributed by atoms with Gasteiger partial charge < -0.3 is 5.73 Å². The average Bonchev–Trinajstić information content (AvgIpc) is 2.46. The summed E-state index contributed by atoms with van der Waals surface area (Å²) in [4.78, 5) is 0. The quantitative estimate of drug-likeness (QED) is 0.753. The van der Waals surface area contributed by atoms with Crippen molar-refractivity contribution >= 4 is 22.5 Å². The molecular weight excluding hydrogens is 186 g/mol. The molecule has 4 heteroatoms. The van der Waals surface area contributed by atoms with Gasteiger partial charge in [-0.15, -0.1) is 0 Å². The van der Waals surface area contributed by atoms with E-state index >= 15 is 0 Å². The summed E-state index contributed by atoms with van der Waals surface area (Å²) in [5.41, 5.74) is 7.56. The molecule has 0 saturated carbocycles. The number of aryl methyl sites for hydroxylation is 1. The lowest BCUT2D eigenvalue weighted by Gasteiger charge is -2.01. The van der Waals surface area contributed by atoms with Gasteiger partial charge in [0.2, 0.25) is 0 Å². The summed E-state index contributed by atoms with van der Waals surface area (Å²) >= 11 is 6.00. The van der Waals surface area contributed by atoms with E-state index in [0.717, 1.165) is 16.5 Å². The molecule has 2 N–H and O–H groups in total. The van der Waals surface area contributed by atoms with Crippen molar-refractivity contribution in [3.63, 3.8) is 0 Å². The van der Waals surface area contributed by atoms with E-state index in [1.807, 2.05) is 23.9 Å². The number of nitrogens with zero attached hydrogens (tertiary/aromatic N) is 2. The number of hydrogen-bond donors (Lipinski definition) is 1. The molecule has 3 nitrogen and oxygen atoms in total. The van der Waals surface area contributed by atoms with E-state index in [1.54, 1.807) is 6.20 Å². The predicted octanol–water partition coefficient (Wildman–Crippen LogP) is 1.69. The fourth-order valence-electron chi connectivity index (χ4n) is 1.37. The average molecular weight is 196 g/mol. The number of fused-ring (bicyclic) bond motifs is 1. The highest BCUT2D eigenvalue weighted by Crippen LogP contribution is 2.22. The molecule has 0 aliphatic rings. The van der Waals surface area contributed by atoms with Crippen LogP contribution in [0.5, 0.6) is 0 Å². The van der Waals surface area contributed by atoms with Crippen molar-refractivity contribution in [1.29, 1.82) is 0 Å². The summed E-state index contributed by atoms with van der Waals surface area (Å²) in [7, 11) is 1.90. The Bertz CT molecular complexity index is 447. The normalized spacial score (nSPS) is 11.0. The summed E-state index contributed by atoms with van der Waals surface area (Å²) in [6, 6.07) is 3.87. The van der Waals surface area contributed by atoms with Gasteiger partial charge in [0, 0.05) is 24.0 Å². The summed E-state index contributed by atoms with van der Waals surface area (Å²) in [5.74, 6) is 0. The van der Waals surface area contributed by atoms with Crippen LogP contribution in [0.15, 0.2) is 18.3 Å². The first-order chi connectivity index (χ1) is 6.22. The van der Waals surface area contributed by atoms with E-state index < -0.39 is 0 Å². The molecule has 1 aromatic carbocycles. The lowest BCUT2D eigenvalue weighted by molar-refractivity contribution is 0.796. The van der Waals surface area contributed by atoms with Crippen molar-refractivity contribution in [2.45, 2.75) is 6.54 Å². The molecule has 0 radical (unpaired) electrons. The molecular formula is C9H10ClN3. The summed E-state index contributed by atoms with van der Waals surface area (Å²) in [6.45, 7) is 0.458. The number of nitrogens with two attached hydrogens (primary N) is 1. The van der Waals surface area contributed by atoms with Crippen LogP contribution in [0.3, 0.4) is 0 Å². The Morgan fingerprint density at radius 1 is 1.54 bits per heavy atom. The largest absolute Gasteiger partial charge is 0.326 e. The lowest BCUT2D eigenvalue weighted by Crippen LogP contribution is -1.98. The van der Waals surface area contributed by atoms with Gasteiger partial charge in [-0.05, 0) is 17.7 Å². The Labute approximate surface area is 81.1 Å². The monoisotopic (exact) mass is 195 g/mol. The van der Waals surface area contributed by atoms with Crippen molar-refractivity contribution in [3.8, 4) is 0 Å². The third-order valence-electron chi connectivity index (χ3n) is 2.13. The van der Waals surface area contributed by atoms with E-state index in [-0.39, 0.29) is 0 Å². The van der Waals surface area contributed by atoms with Gasteiger partial charge in [-0.1, -0.05) is 11.6 Å². The van der Waals surface area contributed by atoms with Crippen LogP contribution in [0.25, 0.3) is 10.9 Å². The first kappa shape index (κ1) is 8.53. The molecule has 1 aromatic heterocycles. The Hall–Kier alpha value is -1.06. The summed E-state index contributed by atoms with van der Waals surface area (Å²) in [6.07, 6.45) is 1.79. The minimum Gasteiger partial charge on any atom is -0.326 e. The Balaban J connectivity index is 2.77. The van der Waals surface area contributed by atoms with Crippen molar-refractivity contribution in [3.05, 3.63) is 28.9 Å². The van der Waals surface area contributed by atoms with E-state index in [4.69, 9.17) is 17.3 Å². The maximum absolute atomic E-state index is 6.00. The first-order valence-electron chi connectivity index (χ1n) is 4.02. The van der Waals surface area contributed by atoms with Crippen molar-refractivity contribution in [1.82, 2.24) is 9.78 Å². The van der Waals surface area contributed by atoms with E-state index in [1.165, 1.54) is 0 Å². The second-order valence-electron chi connectivity index (χ2n) is 2.97. The first-order valence-corrected chi connectivity index (χ1v) is 4.40. The van der Waals surface area contributed by atoms with Gasteiger partial charge in [0.05, 0.1) is 11.7 Å². The Morgan fingerprint density at radius 2 is 2.31 bits per heavy atom. The van der Waals surface area contributed by atoms with Crippen LogP contribution < -0.4 is 5.73 Å². The molecule has 0 amide bonds. The summed E-state index contributed by atoms with van der Waals surface area (Å²) in [5, 5.41) is 5.89. The van der Waals surface area contributed by atoms with Gasteiger partial charge in [0.25, 0.3) is 0 Å². The molecule has 0 saturated heterocycles. The molecule has 2 rings (SSSR count). The van der Waals surface area contributed by atoms with Gasteiger partial charge in [0.15, 0.2) is 0 Å². The molecule has 68 valence electrons. The molecule has 0 aliphatic carbocycles.